The molecule has 1 atom stereocenters. The van der Waals surface area contributed by atoms with Crippen LogP contribution in [0.4, 0.5) is 4.20 Å². The molecule has 0 aliphatic carbocycles. The number of para-hydroxylation sites is 1. The van der Waals surface area contributed by atoms with Crippen LogP contribution in [0.25, 0.3) is 0 Å². The Kier molecular flexibility index (Phi) is 3.02. The lowest BCUT2D eigenvalue weighted by atomic mass is 10.3. The molecule has 1 aromatic rings. The van der Waals surface area contributed by atoms with E-state index < -0.39 is 7.74 Å². The summed E-state index contributed by atoms with van der Waals surface area (Å²) in [5.41, 5.74) is 0. The zero-order valence-corrected chi connectivity index (χ0v) is 9.54. The highest BCUT2D eigenvalue weighted by atomic mass is 31.2. The molecule has 0 saturated carbocycles. The second kappa shape index (κ2) is 4.27. The van der Waals surface area contributed by atoms with Crippen LogP contribution in [0, 0.1) is 0 Å². The average Bonchev–Trinajstić information content (AvgIpc) is 2.19. The fourth-order valence-electron chi connectivity index (χ4n) is 0.822. The molecule has 0 N–H and O–H groups in total. The summed E-state index contributed by atoms with van der Waals surface area (Å²) >= 11 is 0. The molecule has 0 aromatic heterocycles. The van der Waals surface area contributed by atoms with Crippen molar-refractivity contribution in [2.24, 2.45) is 13.5 Å². The summed E-state index contributed by atoms with van der Waals surface area (Å²) in [7, 11) is -2.74. The molecule has 0 spiro atoms. The maximum absolute atomic E-state index is 13.7. The fraction of sp³-hybridized carbons (Fsp3) is 0. The molecule has 0 fully saturated rings. The van der Waals surface area contributed by atoms with Gasteiger partial charge in [0.15, 0.2) is 17.0 Å². The van der Waals surface area contributed by atoms with E-state index in [1.54, 1.807) is 24.3 Å². The third kappa shape index (κ3) is 2.45. The first-order valence-corrected chi connectivity index (χ1v) is 6.77. The van der Waals surface area contributed by atoms with Crippen molar-refractivity contribution in [3.63, 3.8) is 0 Å². The van der Waals surface area contributed by atoms with Gasteiger partial charge in [0, 0.05) is 0 Å². The van der Waals surface area contributed by atoms with Crippen LogP contribution in [0.1, 0.15) is 0 Å². The molecule has 0 radical (unpaired) electrons. The van der Waals surface area contributed by atoms with Crippen molar-refractivity contribution in [2.75, 3.05) is 0 Å². The van der Waals surface area contributed by atoms with Crippen molar-refractivity contribution in [3.8, 4) is 5.75 Å². The van der Waals surface area contributed by atoms with Gasteiger partial charge >= 0.3 is 7.74 Å². The second-order valence-corrected chi connectivity index (χ2v) is 5.96. The van der Waals surface area contributed by atoms with E-state index in [4.69, 9.17) is 4.52 Å². The van der Waals surface area contributed by atoms with Crippen LogP contribution in [0.15, 0.2) is 43.9 Å². The highest BCUT2D eigenvalue weighted by Gasteiger charge is 2.21. The predicted octanol–water partition coefficient (Wildman–Crippen LogP) is 5.08. The Hall–Kier alpha value is -0.620. The first-order valence-electron chi connectivity index (χ1n) is 3.67. The lowest BCUT2D eigenvalue weighted by Crippen LogP contribution is -1.83. The van der Waals surface area contributed by atoms with E-state index in [2.05, 4.69) is 13.5 Å². The molecule has 0 saturated heterocycles. The number of hydrogen-bond acceptors (Lipinski definition) is 4. The topological polar surface area (TPSA) is 46.3 Å². The van der Waals surface area contributed by atoms with Gasteiger partial charge in [0.25, 0.3) is 0 Å². The minimum atomic E-state index is -3.45. The van der Waals surface area contributed by atoms with Gasteiger partial charge in [0.1, 0.15) is 5.75 Å². The lowest BCUT2D eigenvalue weighted by Gasteiger charge is -2.10. The Morgan fingerprint density at radius 3 is 2.64 bits per heavy atom. The molecular formula is C6H5FN3OP3. The molecule has 8 heteroatoms. The van der Waals surface area contributed by atoms with Crippen LogP contribution in [-0.4, -0.2) is 0 Å². The second-order valence-electron chi connectivity index (χ2n) is 2.32. The number of benzene rings is 1. The van der Waals surface area contributed by atoms with Crippen LogP contribution < -0.4 is 4.52 Å². The van der Waals surface area contributed by atoms with E-state index in [9.17, 15) is 4.20 Å². The summed E-state index contributed by atoms with van der Waals surface area (Å²) < 4.78 is 29.8. The molecule has 4 nitrogen and oxygen atoms in total. The molecule has 1 aliphatic heterocycles. The third-order valence-corrected chi connectivity index (χ3v) is 4.83. The Balaban J connectivity index is 2.23. The van der Waals surface area contributed by atoms with E-state index in [1.807, 2.05) is 6.07 Å². The van der Waals surface area contributed by atoms with Gasteiger partial charge in [-0.1, -0.05) is 18.2 Å². The van der Waals surface area contributed by atoms with E-state index in [0.717, 1.165) is 0 Å². The summed E-state index contributed by atoms with van der Waals surface area (Å²) in [6.45, 7) is 0. The molecular weight excluding hydrogens is 242 g/mol. The number of rotatable bonds is 2. The van der Waals surface area contributed by atoms with Crippen molar-refractivity contribution >= 4 is 24.8 Å². The number of hydrogen-bond donors (Lipinski definition) is 0. The largest absolute Gasteiger partial charge is 0.443 e. The minimum Gasteiger partial charge on any atom is -0.419 e. The summed E-state index contributed by atoms with van der Waals surface area (Å²) in [6.07, 6.45) is 0. The van der Waals surface area contributed by atoms with Gasteiger partial charge in [-0.15, -0.1) is 13.2 Å². The highest BCUT2D eigenvalue weighted by molar-refractivity contribution is 7.65. The van der Waals surface area contributed by atoms with Crippen molar-refractivity contribution in [1.82, 2.24) is 0 Å². The smallest absolute Gasteiger partial charge is 0.419 e. The molecule has 1 aromatic carbocycles. The Bertz CT molecular complexity index is 433. The summed E-state index contributed by atoms with van der Waals surface area (Å²) in [5, 5.41) is 0. The minimum absolute atomic E-state index is 0.356. The third-order valence-electron chi connectivity index (χ3n) is 1.35. The monoisotopic (exact) mass is 247 g/mol. The summed E-state index contributed by atoms with van der Waals surface area (Å²) in [5.74, 6) is 0.447. The Morgan fingerprint density at radius 2 is 2.00 bits per heavy atom. The molecule has 1 aliphatic rings. The van der Waals surface area contributed by atoms with Gasteiger partial charge in [0.05, 0.1) is 0 Å². The molecule has 2 rings (SSSR count). The Labute approximate surface area is 83.7 Å². The average molecular weight is 247 g/mol. The molecule has 14 heavy (non-hydrogen) atoms. The summed E-state index contributed by atoms with van der Waals surface area (Å²) in [4.78, 5) is 0. The summed E-state index contributed by atoms with van der Waals surface area (Å²) in [6, 6.07) is 8.71. The fourth-order valence-corrected chi connectivity index (χ4v) is 3.83. The maximum Gasteiger partial charge on any atom is 0.443 e. The number of halogens is 1. The highest BCUT2D eigenvalue weighted by Crippen LogP contribution is 2.60. The molecule has 1 unspecified atom stereocenters. The van der Waals surface area contributed by atoms with Crippen molar-refractivity contribution in [1.29, 1.82) is 0 Å². The lowest BCUT2D eigenvalue weighted by molar-refractivity contribution is 0.553. The van der Waals surface area contributed by atoms with E-state index in [0.29, 0.717) is 22.8 Å². The van der Waals surface area contributed by atoms with E-state index >= 15 is 0 Å². The van der Waals surface area contributed by atoms with Gasteiger partial charge in [0.2, 0.25) is 0 Å². The van der Waals surface area contributed by atoms with Crippen LogP contribution in [0.2, 0.25) is 0 Å². The number of nitrogens with zero attached hydrogens (tertiary/aromatic N) is 3. The van der Waals surface area contributed by atoms with Gasteiger partial charge in [-0.3, -0.25) is 0 Å². The first-order chi connectivity index (χ1) is 6.79. The van der Waals surface area contributed by atoms with Crippen molar-refractivity contribution in [3.05, 3.63) is 30.3 Å². The van der Waals surface area contributed by atoms with Gasteiger partial charge in [-0.05, 0) is 12.1 Å². The van der Waals surface area contributed by atoms with Crippen molar-refractivity contribution < 1.29 is 8.72 Å². The SMILES string of the molecule is FP1(Oc2ccccc2)=NP=NP=N1. The van der Waals surface area contributed by atoms with Gasteiger partial charge < -0.3 is 4.52 Å². The first kappa shape index (κ1) is 9.92. The predicted molar refractivity (Wildman–Crippen MR) is 56.2 cm³/mol. The van der Waals surface area contributed by atoms with E-state index in [-0.39, 0.29) is 0 Å². The maximum atomic E-state index is 13.7. The van der Waals surface area contributed by atoms with E-state index in [1.165, 1.54) is 0 Å². The normalized spacial score (nSPS) is 26.6. The standard InChI is InChI=1S/C6H5FN3OP3/c7-14(9-12-8-13-10-14)11-6-4-2-1-3-5-6/h1-5H. The van der Waals surface area contributed by atoms with Gasteiger partial charge in [-0.25, -0.2) is 0 Å². The van der Waals surface area contributed by atoms with Crippen LogP contribution in [0.5, 0.6) is 5.75 Å². The van der Waals surface area contributed by atoms with Gasteiger partial charge in [-0.2, -0.15) is 4.52 Å². The van der Waals surface area contributed by atoms with Crippen LogP contribution in [-0.2, 0) is 0 Å². The zero-order chi connectivity index (χ0) is 9.86. The van der Waals surface area contributed by atoms with Crippen molar-refractivity contribution in [2.45, 2.75) is 0 Å². The quantitative estimate of drug-likeness (QED) is 0.671. The Morgan fingerprint density at radius 1 is 1.21 bits per heavy atom. The molecule has 0 amide bonds. The van der Waals surface area contributed by atoms with Crippen LogP contribution in [0.3, 0.4) is 0 Å². The van der Waals surface area contributed by atoms with Crippen LogP contribution >= 0.6 is 24.8 Å². The molecule has 1 heterocycles. The molecule has 0 bridgehead atoms. The molecule has 72 valence electrons. The zero-order valence-electron chi connectivity index (χ0n) is 6.86.